The van der Waals surface area contributed by atoms with Crippen LogP contribution in [0.5, 0.6) is 0 Å². The molecule has 1 aromatic rings. The first-order chi connectivity index (χ1) is 6.25. The third-order valence-electron chi connectivity index (χ3n) is 2.48. The SMILES string of the molecule is O=C1CCC[C@@H](c2ccc(Cl)s2)C1. The summed E-state index contributed by atoms with van der Waals surface area (Å²) >= 11 is 7.46. The lowest BCUT2D eigenvalue weighted by molar-refractivity contribution is -0.120. The maximum absolute atomic E-state index is 11.2. The fourth-order valence-electron chi connectivity index (χ4n) is 1.82. The largest absolute Gasteiger partial charge is 0.300 e. The summed E-state index contributed by atoms with van der Waals surface area (Å²) in [5.41, 5.74) is 0. The van der Waals surface area contributed by atoms with Crippen molar-refractivity contribution in [2.75, 3.05) is 0 Å². The number of hydrogen-bond acceptors (Lipinski definition) is 2. The first-order valence-corrected chi connectivity index (χ1v) is 5.72. The Morgan fingerprint density at radius 1 is 1.46 bits per heavy atom. The van der Waals surface area contributed by atoms with Gasteiger partial charge in [0, 0.05) is 23.6 Å². The molecule has 0 aromatic carbocycles. The van der Waals surface area contributed by atoms with E-state index in [1.165, 1.54) is 4.88 Å². The van der Waals surface area contributed by atoms with Crippen LogP contribution in [-0.2, 0) is 4.79 Å². The molecule has 0 unspecified atom stereocenters. The van der Waals surface area contributed by atoms with Crippen molar-refractivity contribution in [1.29, 1.82) is 0 Å². The molecule has 0 bridgehead atoms. The quantitative estimate of drug-likeness (QED) is 0.698. The zero-order valence-electron chi connectivity index (χ0n) is 7.25. The normalized spacial score (nSPS) is 23.5. The molecule has 13 heavy (non-hydrogen) atoms. The second-order valence-electron chi connectivity index (χ2n) is 3.47. The van der Waals surface area contributed by atoms with Crippen molar-refractivity contribution in [1.82, 2.24) is 0 Å². The van der Waals surface area contributed by atoms with Crippen LogP contribution in [0.15, 0.2) is 12.1 Å². The van der Waals surface area contributed by atoms with Crippen LogP contribution in [-0.4, -0.2) is 5.78 Å². The Morgan fingerprint density at radius 2 is 2.31 bits per heavy atom. The average molecular weight is 215 g/mol. The van der Waals surface area contributed by atoms with Gasteiger partial charge < -0.3 is 0 Å². The number of Topliss-reactive ketones (excluding diaryl/α,β-unsaturated/α-hetero) is 1. The van der Waals surface area contributed by atoms with E-state index in [1.54, 1.807) is 11.3 Å². The molecule has 0 amide bonds. The molecule has 1 atom stereocenters. The van der Waals surface area contributed by atoms with Crippen LogP contribution in [0.4, 0.5) is 0 Å². The fraction of sp³-hybridized carbons (Fsp3) is 0.500. The molecular formula is C10H11ClOS. The molecule has 0 saturated heterocycles. The summed E-state index contributed by atoms with van der Waals surface area (Å²) in [4.78, 5) is 12.5. The molecule has 0 N–H and O–H groups in total. The Labute approximate surface area is 86.7 Å². The number of hydrogen-bond donors (Lipinski definition) is 0. The number of carbonyl (C=O) groups is 1. The van der Waals surface area contributed by atoms with Crippen molar-refractivity contribution in [3.8, 4) is 0 Å². The van der Waals surface area contributed by atoms with Crippen LogP contribution < -0.4 is 0 Å². The van der Waals surface area contributed by atoms with Crippen molar-refractivity contribution >= 4 is 28.7 Å². The summed E-state index contributed by atoms with van der Waals surface area (Å²) in [5.74, 6) is 0.847. The monoisotopic (exact) mass is 214 g/mol. The van der Waals surface area contributed by atoms with Gasteiger partial charge in [-0.25, -0.2) is 0 Å². The van der Waals surface area contributed by atoms with E-state index in [0.29, 0.717) is 11.7 Å². The predicted octanol–water partition coefficient (Wildman–Crippen LogP) is 3.63. The maximum atomic E-state index is 11.2. The Hall–Kier alpha value is -0.340. The summed E-state index contributed by atoms with van der Waals surface area (Å²) in [6, 6.07) is 3.97. The van der Waals surface area contributed by atoms with Crippen LogP contribution in [0.25, 0.3) is 0 Å². The highest BCUT2D eigenvalue weighted by Gasteiger charge is 2.21. The van der Waals surface area contributed by atoms with Gasteiger partial charge >= 0.3 is 0 Å². The molecule has 1 aromatic heterocycles. The van der Waals surface area contributed by atoms with E-state index >= 15 is 0 Å². The summed E-state index contributed by atoms with van der Waals surface area (Å²) in [6.45, 7) is 0. The molecule has 1 aliphatic rings. The van der Waals surface area contributed by atoms with Crippen LogP contribution in [0.2, 0.25) is 4.34 Å². The van der Waals surface area contributed by atoms with Gasteiger partial charge in [0.15, 0.2) is 0 Å². The molecule has 1 fully saturated rings. The average Bonchev–Trinajstić information content (AvgIpc) is 2.52. The predicted molar refractivity (Wildman–Crippen MR) is 55.5 cm³/mol. The van der Waals surface area contributed by atoms with Crippen LogP contribution in [0, 0.1) is 0 Å². The molecule has 70 valence electrons. The van der Waals surface area contributed by atoms with Crippen molar-refractivity contribution in [3.63, 3.8) is 0 Å². The third-order valence-corrected chi connectivity index (χ3v) is 3.87. The lowest BCUT2D eigenvalue weighted by Gasteiger charge is -2.18. The van der Waals surface area contributed by atoms with Crippen molar-refractivity contribution in [2.45, 2.75) is 31.6 Å². The van der Waals surface area contributed by atoms with Gasteiger partial charge in [0.05, 0.1) is 4.34 Å². The first-order valence-electron chi connectivity index (χ1n) is 4.52. The van der Waals surface area contributed by atoms with Gasteiger partial charge in [0.2, 0.25) is 0 Å². The highest BCUT2D eigenvalue weighted by molar-refractivity contribution is 7.16. The lowest BCUT2D eigenvalue weighted by atomic mass is 9.87. The van der Waals surface area contributed by atoms with Crippen molar-refractivity contribution < 1.29 is 4.79 Å². The van der Waals surface area contributed by atoms with Crippen LogP contribution in [0.3, 0.4) is 0 Å². The Bertz CT molecular complexity index is 318. The minimum Gasteiger partial charge on any atom is -0.300 e. The summed E-state index contributed by atoms with van der Waals surface area (Å²) < 4.78 is 0.827. The summed E-state index contributed by atoms with van der Waals surface area (Å²) in [5, 5.41) is 0. The van der Waals surface area contributed by atoms with E-state index in [4.69, 9.17) is 11.6 Å². The number of ketones is 1. The van der Waals surface area contributed by atoms with Gasteiger partial charge in [-0.05, 0) is 25.0 Å². The maximum Gasteiger partial charge on any atom is 0.133 e. The zero-order valence-corrected chi connectivity index (χ0v) is 8.83. The number of rotatable bonds is 1. The topological polar surface area (TPSA) is 17.1 Å². The molecule has 1 aliphatic carbocycles. The van der Waals surface area contributed by atoms with Crippen LogP contribution >= 0.6 is 22.9 Å². The van der Waals surface area contributed by atoms with E-state index in [-0.39, 0.29) is 0 Å². The lowest BCUT2D eigenvalue weighted by Crippen LogP contribution is -2.12. The number of thiophene rings is 1. The highest BCUT2D eigenvalue weighted by Crippen LogP contribution is 2.36. The van der Waals surface area contributed by atoms with Gasteiger partial charge in [-0.3, -0.25) is 4.79 Å². The molecule has 1 saturated carbocycles. The number of carbonyl (C=O) groups excluding carboxylic acids is 1. The van der Waals surface area contributed by atoms with E-state index in [0.717, 1.165) is 30.0 Å². The van der Waals surface area contributed by atoms with Crippen molar-refractivity contribution in [3.05, 3.63) is 21.3 Å². The third kappa shape index (κ3) is 2.12. The standard InChI is InChI=1S/C10H11ClOS/c11-10-5-4-9(13-10)7-2-1-3-8(12)6-7/h4-5,7H,1-3,6H2/t7-/m1/s1. The molecule has 0 aliphatic heterocycles. The Balaban J connectivity index is 2.12. The van der Waals surface area contributed by atoms with Crippen molar-refractivity contribution in [2.24, 2.45) is 0 Å². The molecule has 2 rings (SSSR count). The molecule has 1 nitrogen and oxygen atoms in total. The van der Waals surface area contributed by atoms with Gasteiger partial charge in [-0.1, -0.05) is 11.6 Å². The molecule has 0 spiro atoms. The van der Waals surface area contributed by atoms with Gasteiger partial charge in [-0.15, -0.1) is 11.3 Å². The van der Waals surface area contributed by atoms with E-state index in [9.17, 15) is 4.79 Å². The van der Waals surface area contributed by atoms with E-state index < -0.39 is 0 Å². The number of halogens is 1. The smallest absolute Gasteiger partial charge is 0.133 e. The minimum atomic E-state index is 0.403. The Morgan fingerprint density at radius 3 is 2.92 bits per heavy atom. The zero-order chi connectivity index (χ0) is 9.26. The van der Waals surface area contributed by atoms with E-state index in [1.807, 2.05) is 6.07 Å². The Kier molecular flexibility index (Phi) is 2.70. The molecule has 3 heteroatoms. The summed E-state index contributed by atoms with van der Waals surface area (Å²) in [6.07, 6.45) is 3.67. The van der Waals surface area contributed by atoms with Gasteiger partial charge in [0.25, 0.3) is 0 Å². The second kappa shape index (κ2) is 3.81. The minimum absolute atomic E-state index is 0.403. The first kappa shape index (κ1) is 9.22. The molecule has 1 heterocycles. The fourth-order valence-corrected chi connectivity index (χ4v) is 3.01. The van der Waals surface area contributed by atoms with Gasteiger partial charge in [0.1, 0.15) is 5.78 Å². The molecule has 0 radical (unpaired) electrons. The second-order valence-corrected chi connectivity index (χ2v) is 5.22. The summed E-state index contributed by atoms with van der Waals surface area (Å²) in [7, 11) is 0. The van der Waals surface area contributed by atoms with E-state index in [2.05, 4.69) is 6.07 Å². The molecular weight excluding hydrogens is 204 g/mol. The van der Waals surface area contributed by atoms with Gasteiger partial charge in [-0.2, -0.15) is 0 Å². The highest BCUT2D eigenvalue weighted by atomic mass is 35.5. The van der Waals surface area contributed by atoms with Crippen LogP contribution in [0.1, 0.15) is 36.5 Å².